The summed E-state index contributed by atoms with van der Waals surface area (Å²) in [5.74, 6) is 0.483. The molecule has 0 spiro atoms. The summed E-state index contributed by atoms with van der Waals surface area (Å²) in [4.78, 5) is 12.0. The van der Waals surface area contributed by atoms with Gasteiger partial charge in [0.25, 0.3) is 0 Å². The number of hydrogen-bond donors (Lipinski definition) is 0. The second-order valence-electron chi connectivity index (χ2n) is 6.85. The molecule has 0 amide bonds. The monoisotopic (exact) mass is 407 g/mol. The third-order valence-electron chi connectivity index (χ3n) is 4.76. The van der Waals surface area contributed by atoms with Crippen LogP contribution in [0.5, 0.6) is 5.75 Å². The molecule has 1 unspecified atom stereocenters. The lowest BCUT2D eigenvalue weighted by Crippen LogP contribution is -2.28. The molecular formula is C25H29NO4. The second kappa shape index (κ2) is 11.2. The third-order valence-corrected chi connectivity index (χ3v) is 4.76. The van der Waals surface area contributed by atoms with Gasteiger partial charge in [0.05, 0.1) is 13.2 Å². The van der Waals surface area contributed by atoms with E-state index in [1.807, 2.05) is 49.4 Å². The van der Waals surface area contributed by atoms with Crippen LogP contribution in [-0.4, -0.2) is 36.5 Å². The van der Waals surface area contributed by atoms with Crippen LogP contribution in [0.2, 0.25) is 0 Å². The normalized spacial score (nSPS) is 11.8. The van der Waals surface area contributed by atoms with Gasteiger partial charge in [-0.05, 0) is 49.2 Å². The lowest BCUT2D eigenvalue weighted by molar-refractivity contribution is -0.156. The fourth-order valence-electron chi connectivity index (χ4n) is 3.32. The first kappa shape index (κ1) is 21.7. The highest BCUT2D eigenvalue weighted by atomic mass is 16.6. The van der Waals surface area contributed by atoms with E-state index in [1.165, 1.54) is 11.3 Å². The molecule has 1 aromatic heterocycles. The molecule has 0 bridgehead atoms. The molecule has 3 rings (SSSR count). The minimum Gasteiger partial charge on any atom is -0.492 e. The minimum absolute atomic E-state index is 0.319. The van der Waals surface area contributed by atoms with E-state index in [1.54, 1.807) is 6.92 Å². The summed E-state index contributed by atoms with van der Waals surface area (Å²) >= 11 is 0. The van der Waals surface area contributed by atoms with Crippen LogP contribution in [0.4, 0.5) is 0 Å². The van der Waals surface area contributed by atoms with Crippen LogP contribution < -0.4 is 4.74 Å². The Bertz CT molecular complexity index is 902. The topological polar surface area (TPSA) is 49.7 Å². The van der Waals surface area contributed by atoms with Crippen molar-refractivity contribution >= 4 is 5.97 Å². The van der Waals surface area contributed by atoms with Crippen molar-refractivity contribution in [2.24, 2.45) is 0 Å². The van der Waals surface area contributed by atoms with E-state index in [2.05, 4.69) is 35.0 Å². The molecule has 0 aliphatic rings. The van der Waals surface area contributed by atoms with Gasteiger partial charge < -0.3 is 18.8 Å². The van der Waals surface area contributed by atoms with Gasteiger partial charge in [0.15, 0.2) is 6.10 Å². The van der Waals surface area contributed by atoms with Crippen molar-refractivity contribution in [1.29, 1.82) is 0 Å². The predicted octanol–water partition coefficient (Wildman–Crippen LogP) is 4.74. The number of hydrogen-bond acceptors (Lipinski definition) is 4. The van der Waals surface area contributed by atoms with Gasteiger partial charge in [0, 0.05) is 24.9 Å². The van der Waals surface area contributed by atoms with E-state index in [9.17, 15) is 4.79 Å². The molecule has 0 N–H and O–H groups in total. The zero-order valence-corrected chi connectivity index (χ0v) is 17.6. The van der Waals surface area contributed by atoms with Crippen molar-refractivity contribution in [3.05, 3.63) is 78.5 Å². The first-order chi connectivity index (χ1) is 14.7. The lowest BCUT2D eigenvalue weighted by Gasteiger charge is -2.16. The van der Waals surface area contributed by atoms with Crippen LogP contribution in [0.15, 0.2) is 72.9 Å². The first-order valence-corrected chi connectivity index (χ1v) is 10.4. The highest BCUT2D eigenvalue weighted by Gasteiger charge is 2.20. The number of benzene rings is 2. The van der Waals surface area contributed by atoms with E-state index in [0.29, 0.717) is 26.2 Å². The van der Waals surface area contributed by atoms with Crippen LogP contribution in [0.25, 0.3) is 11.3 Å². The average Bonchev–Trinajstić information content (AvgIpc) is 3.24. The molecule has 5 heteroatoms. The first-order valence-electron chi connectivity index (χ1n) is 10.4. The largest absolute Gasteiger partial charge is 0.492 e. The van der Waals surface area contributed by atoms with Gasteiger partial charge in [0.1, 0.15) is 12.4 Å². The maximum atomic E-state index is 12.0. The maximum absolute atomic E-state index is 12.0. The van der Waals surface area contributed by atoms with Gasteiger partial charge in [-0.1, -0.05) is 42.5 Å². The van der Waals surface area contributed by atoms with E-state index in [0.717, 1.165) is 17.9 Å². The smallest absolute Gasteiger partial charge is 0.335 e. The number of carbonyl (C=O) groups is 1. The molecule has 3 aromatic rings. The van der Waals surface area contributed by atoms with Gasteiger partial charge >= 0.3 is 5.97 Å². The van der Waals surface area contributed by atoms with Crippen LogP contribution in [0, 0.1) is 0 Å². The fourth-order valence-corrected chi connectivity index (χ4v) is 3.32. The maximum Gasteiger partial charge on any atom is 0.335 e. The Morgan fingerprint density at radius 1 is 0.933 bits per heavy atom. The summed E-state index contributed by atoms with van der Waals surface area (Å²) in [7, 11) is 0. The van der Waals surface area contributed by atoms with E-state index < -0.39 is 6.10 Å². The van der Waals surface area contributed by atoms with Crippen molar-refractivity contribution in [3.8, 4) is 17.0 Å². The van der Waals surface area contributed by atoms with E-state index in [-0.39, 0.29) is 5.97 Å². The number of esters is 1. The molecule has 158 valence electrons. The second-order valence-corrected chi connectivity index (χ2v) is 6.85. The zero-order valence-electron chi connectivity index (χ0n) is 17.6. The number of rotatable bonds is 11. The van der Waals surface area contributed by atoms with E-state index in [4.69, 9.17) is 14.2 Å². The summed E-state index contributed by atoms with van der Waals surface area (Å²) in [6, 6.07) is 22.3. The van der Waals surface area contributed by atoms with E-state index >= 15 is 0 Å². The minimum atomic E-state index is -0.577. The number of nitrogens with zero attached hydrogens (tertiary/aromatic N) is 1. The molecule has 0 aliphatic carbocycles. The van der Waals surface area contributed by atoms with Gasteiger partial charge in [-0.25, -0.2) is 4.79 Å². The molecule has 0 saturated carbocycles. The van der Waals surface area contributed by atoms with Crippen LogP contribution in [0.1, 0.15) is 19.4 Å². The fraction of sp³-hybridized carbons (Fsp3) is 0.320. The zero-order chi connectivity index (χ0) is 21.2. The van der Waals surface area contributed by atoms with Crippen molar-refractivity contribution in [2.75, 3.05) is 19.8 Å². The Balaban J connectivity index is 1.53. The van der Waals surface area contributed by atoms with Crippen LogP contribution >= 0.6 is 0 Å². The summed E-state index contributed by atoms with van der Waals surface area (Å²) in [6.45, 7) is 5.81. The molecule has 1 heterocycles. The standard InChI is InChI=1S/C25H29NO4/c1-3-28-24(25(27)29-4-2)19-20-12-14-22(15-13-20)30-18-17-26-16-8-11-23(26)21-9-6-5-7-10-21/h5-16,24H,3-4,17-19H2,1-2H3. The number of ether oxygens (including phenoxy) is 3. The summed E-state index contributed by atoms with van der Waals surface area (Å²) in [6.07, 6.45) is 1.97. The SMILES string of the molecule is CCOC(=O)C(Cc1ccc(OCCn2cccc2-c2ccccc2)cc1)OCC. The Labute approximate surface area is 178 Å². The van der Waals surface area contributed by atoms with Gasteiger partial charge in [0.2, 0.25) is 0 Å². The highest BCUT2D eigenvalue weighted by Crippen LogP contribution is 2.20. The molecule has 0 saturated heterocycles. The predicted molar refractivity (Wildman–Crippen MR) is 118 cm³/mol. The van der Waals surface area contributed by atoms with Crippen molar-refractivity contribution in [1.82, 2.24) is 4.57 Å². The van der Waals surface area contributed by atoms with Gasteiger partial charge in [-0.15, -0.1) is 0 Å². The van der Waals surface area contributed by atoms with Crippen LogP contribution in [0.3, 0.4) is 0 Å². The Morgan fingerprint density at radius 3 is 2.40 bits per heavy atom. The third kappa shape index (κ3) is 5.97. The molecule has 2 aromatic carbocycles. The molecular weight excluding hydrogens is 378 g/mol. The quantitative estimate of drug-likeness (QED) is 0.431. The lowest BCUT2D eigenvalue weighted by atomic mass is 10.1. The molecule has 0 radical (unpaired) electrons. The Kier molecular flexibility index (Phi) is 8.10. The van der Waals surface area contributed by atoms with Gasteiger partial charge in [-0.2, -0.15) is 0 Å². The van der Waals surface area contributed by atoms with Crippen molar-refractivity contribution in [3.63, 3.8) is 0 Å². The Hall–Kier alpha value is -3.05. The summed E-state index contributed by atoms with van der Waals surface area (Å²) in [5, 5.41) is 0. The number of aromatic nitrogens is 1. The van der Waals surface area contributed by atoms with Crippen LogP contribution in [-0.2, 0) is 27.2 Å². The van der Waals surface area contributed by atoms with Crippen molar-refractivity contribution in [2.45, 2.75) is 32.9 Å². The van der Waals surface area contributed by atoms with Crippen molar-refractivity contribution < 1.29 is 19.0 Å². The molecule has 0 aliphatic heterocycles. The number of carbonyl (C=O) groups excluding carboxylic acids is 1. The molecule has 1 atom stereocenters. The molecule has 0 fully saturated rings. The summed E-state index contributed by atoms with van der Waals surface area (Å²) < 4.78 is 18.7. The average molecular weight is 408 g/mol. The van der Waals surface area contributed by atoms with Gasteiger partial charge in [-0.3, -0.25) is 0 Å². The molecule has 30 heavy (non-hydrogen) atoms. The Morgan fingerprint density at radius 2 is 1.70 bits per heavy atom. The molecule has 5 nitrogen and oxygen atoms in total. The highest BCUT2D eigenvalue weighted by molar-refractivity contribution is 5.75. The summed E-state index contributed by atoms with van der Waals surface area (Å²) in [5.41, 5.74) is 3.37.